The molecule has 0 unspecified atom stereocenters. The summed E-state index contributed by atoms with van der Waals surface area (Å²) in [5, 5.41) is 16.7. The van der Waals surface area contributed by atoms with Gasteiger partial charge < -0.3 is 25.6 Å². The summed E-state index contributed by atoms with van der Waals surface area (Å²) < 4.78 is 11.4. The van der Waals surface area contributed by atoms with Crippen LogP contribution in [0, 0.1) is 0 Å². The lowest BCUT2D eigenvalue weighted by Gasteiger charge is -2.20. The molecule has 4 aromatic carbocycles. The number of carbonyl (C=O) groups excluding carboxylic acids is 2. The summed E-state index contributed by atoms with van der Waals surface area (Å²) in [6, 6.07) is 27.8. The van der Waals surface area contributed by atoms with E-state index in [9.17, 15) is 9.59 Å². The van der Waals surface area contributed by atoms with Crippen molar-refractivity contribution >= 4 is 39.8 Å². The lowest BCUT2D eigenvalue weighted by Crippen LogP contribution is -2.18. The predicted molar refractivity (Wildman–Crippen MR) is 158 cm³/mol. The molecule has 0 saturated carbocycles. The van der Waals surface area contributed by atoms with Crippen molar-refractivity contribution in [3.05, 3.63) is 109 Å². The molecule has 4 aromatic rings. The van der Waals surface area contributed by atoms with Crippen LogP contribution in [0.4, 0.5) is 21.9 Å². The second-order valence-corrected chi connectivity index (χ2v) is 9.10. The minimum absolute atomic E-state index is 0.103. The average molecular weight is 540 g/mol. The van der Waals surface area contributed by atoms with Gasteiger partial charge in [0.15, 0.2) is 0 Å². The third-order valence-corrected chi connectivity index (χ3v) is 6.19. The van der Waals surface area contributed by atoms with Crippen LogP contribution >= 0.6 is 0 Å². The maximum atomic E-state index is 13.0. The smallest absolute Gasteiger partial charge is 0.412 e. The first-order valence-corrected chi connectivity index (χ1v) is 13.1. The van der Waals surface area contributed by atoms with Crippen LogP contribution in [-0.4, -0.2) is 30.3 Å². The van der Waals surface area contributed by atoms with Crippen LogP contribution in [0.1, 0.15) is 30.9 Å². The minimum atomic E-state index is -0.571. The van der Waals surface area contributed by atoms with Crippen LogP contribution in [0.3, 0.4) is 0 Å². The Kier molecular flexibility index (Phi) is 10.1. The van der Waals surface area contributed by atoms with E-state index in [-0.39, 0.29) is 19.1 Å². The number of aliphatic hydroxyl groups is 1. The van der Waals surface area contributed by atoms with Crippen LogP contribution in [-0.2, 0) is 9.53 Å². The molecule has 0 radical (unpaired) electrons. The fraction of sp³-hybridized carbons (Fsp3) is 0.188. The molecule has 8 heteroatoms. The van der Waals surface area contributed by atoms with E-state index >= 15 is 0 Å². The van der Waals surface area contributed by atoms with Crippen molar-refractivity contribution in [3.63, 3.8) is 0 Å². The Balaban J connectivity index is 1.40. The number of hydrogen-bond acceptors (Lipinski definition) is 6. The fourth-order valence-electron chi connectivity index (χ4n) is 4.26. The third-order valence-electron chi connectivity index (χ3n) is 6.19. The van der Waals surface area contributed by atoms with Crippen LogP contribution in [0.25, 0.3) is 10.8 Å². The van der Waals surface area contributed by atoms with Crippen molar-refractivity contribution in [1.29, 1.82) is 0 Å². The van der Waals surface area contributed by atoms with Gasteiger partial charge in [-0.15, -0.1) is 0 Å². The van der Waals surface area contributed by atoms with Gasteiger partial charge in [0.05, 0.1) is 23.7 Å². The standard InChI is InChI=1S/C32H33N3O5/c33-27-15-6-7-16-29(27)34-31(37)19-3-1-2-18-30(24-12-8-13-25(22-24)39-21-20-36)40-32(38)35-28-17-9-11-23-10-4-5-14-26(23)28/h3-17,19,22,30,36H,1-2,18,20-21,33H2,(H,34,37)(H,35,38)/b19-3+/t30-/m1/s1. The summed E-state index contributed by atoms with van der Waals surface area (Å²) in [6.07, 6.45) is 3.90. The van der Waals surface area contributed by atoms with Crippen molar-refractivity contribution in [3.8, 4) is 5.75 Å². The number of aliphatic hydroxyl groups excluding tert-OH is 1. The lowest BCUT2D eigenvalue weighted by molar-refractivity contribution is -0.111. The van der Waals surface area contributed by atoms with E-state index in [0.29, 0.717) is 42.1 Å². The number of nitrogens with two attached hydrogens (primary N) is 1. The fourth-order valence-corrected chi connectivity index (χ4v) is 4.26. The van der Waals surface area contributed by atoms with Gasteiger partial charge in [-0.1, -0.05) is 66.7 Å². The zero-order valence-electron chi connectivity index (χ0n) is 22.1. The lowest BCUT2D eigenvalue weighted by atomic mass is 10.0. The van der Waals surface area contributed by atoms with Crippen molar-refractivity contribution in [2.24, 2.45) is 0 Å². The van der Waals surface area contributed by atoms with Gasteiger partial charge in [0.1, 0.15) is 18.5 Å². The molecule has 0 fully saturated rings. The van der Waals surface area contributed by atoms with Crippen molar-refractivity contribution < 1.29 is 24.2 Å². The maximum Gasteiger partial charge on any atom is 0.412 e. The Morgan fingerprint density at radius 3 is 2.50 bits per heavy atom. The molecule has 8 nitrogen and oxygen atoms in total. The topological polar surface area (TPSA) is 123 Å². The van der Waals surface area contributed by atoms with Crippen molar-refractivity contribution in [2.45, 2.75) is 25.4 Å². The van der Waals surface area contributed by atoms with E-state index < -0.39 is 12.2 Å². The van der Waals surface area contributed by atoms with Crippen LogP contribution < -0.4 is 21.1 Å². The first-order chi connectivity index (χ1) is 19.5. The van der Waals surface area contributed by atoms with Gasteiger partial charge >= 0.3 is 6.09 Å². The highest BCUT2D eigenvalue weighted by molar-refractivity contribution is 6.01. The number of nitrogen functional groups attached to an aromatic ring is 1. The van der Waals surface area contributed by atoms with Gasteiger partial charge in [-0.25, -0.2) is 4.79 Å². The number of amides is 2. The molecule has 5 N–H and O–H groups in total. The van der Waals surface area contributed by atoms with Gasteiger partial charge in [-0.05, 0) is 66.6 Å². The molecule has 0 aliphatic rings. The molecule has 0 aliphatic carbocycles. The molecule has 0 aliphatic heterocycles. The Morgan fingerprint density at radius 1 is 0.900 bits per heavy atom. The number of unbranched alkanes of at least 4 members (excludes halogenated alkanes) is 1. The number of fused-ring (bicyclic) bond motifs is 1. The summed E-state index contributed by atoms with van der Waals surface area (Å²) in [6.45, 7) is 0.0619. The largest absolute Gasteiger partial charge is 0.491 e. The van der Waals surface area contributed by atoms with Gasteiger partial charge in [0.25, 0.3) is 0 Å². The number of anilines is 3. The average Bonchev–Trinajstić information content (AvgIpc) is 2.97. The molecular formula is C32H33N3O5. The van der Waals surface area contributed by atoms with Gasteiger partial charge in [-0.2, -0.15) is 0 Å². The highest BCUT2D eigenvalue weighted by Crippen LogP contribution is 2.29. The van der Waals surface area contributed by atoms with Crippen molar-refractivity contribution in [1.82, 2.24) is 0 Å². The van der Waals surface area contributed by atoms with Crippen LogP contribution in [0.2, 0.25) is 0 Å². The highest BCUT2D eigenvalue weighted by atomic mass is 16.6. The molecule has 0 heterocycles. The van der Waals surface area contributed by atoms with Gasteiger partial charge in [0.2, 0.25) is 5.91 Å². The number of benzene rings is 4. The van der Waals surface area contributed by atoms with E-state index in [1.165, 1.54) is 6.08 Å². The summed E-state index contributed by atoms with van der Waals surface area (Å²) in [4.78, 5) is 25.3. The minimum Gasteiger partial charge on any atom is -0.491 e. The molecule has 206 valence electrons. The normalized spacial score (nSPS) is 11.7. The molecule has 0 bridgehead atoms. The number of rotatable bonds is 12. The zero-order valence-corrected chi connectivity index (χ0v) is 22.1. The molecule has 0 spiro atoms. The molecule has 2 amide bonds. The Labute approximate surface area is 233 Å². The first kappa shape index (κ1) is 28.2. The van der Waals surface area contributed by atoms with E-state index in [1.54, 1.807) is 42.5 Å². The SMILES string of the molecule is Nc1ccccc1NC(=O)/C=C/CCC[C@@H](OC(=O)Nc1cccc2ccccc12)c1cccc(OCCO)c1. The van der Waals surface area contributed by atoms with Crippen LogP contribution in [0.5, 0.6) is 5.75 Å². The second kappa shape index (κ2) is 14.4. The number of hydrogen-bond donors (Lipinski definition) is 4. The summed E-state index contributed by atoms with van der Waals surface area (Å²) >= 11 is 0. The van der Waals surface area contributed by atoms with Gasteiger partial charge in [0, 0.05) is 5.39 Å². The molecule has 0 saturated heterocycles. The van der Waals surface area contributed by atoms with Crippen LogP contribution in [0.15, 0.2) is 103 Å². The molecule has 0 aromatic heterocycles. The zero-order chi connectivity index (χ0) is 28.2. The van der Waals surface area contributed by atoms with Gasteiger partial charge in [-0.3, -0.25) is 10.1 Å². The Morgan fingerprint density at radius 2 is 1.65 bits per heavy atom. The van der Waals surface area contributed by atoms with E-state index in [1.807, 2.05) is 54.6 Å². The quantitative estimate of drug-likeness (QED) is 0.0932. The summed E-state index contributed by atoms with van der Waals surface area (Å²) in [5.41, 5.74) is 8.37. The highest BCUT2D eigenvalue weighted by Gasteiger charge is 2.18. The first-order valence-electron chi connectivity index (χ1n) is 13.1. The molecular weight excluding hydrogens is 506 g/mol. The number of nitrogens with one attached hydrogen (secondary N) is 2. The van der Waals surface area contributed by atoms with Crippen molar-refractivity contribution in [2.75, 3.05) is 29.6 Å². The molecule has 4 rings (SSSR count). The number of carbonyl (C=O) groups is 2. The monoisotopic (exact) mass is 539 g/mol. The molecule has 1 atom stereocenters. The maximum absolute atomic E-state index is 13.0. The number of ether oxygens (including phenoxy) is 2. The summed E-state index contributed by atoms with van der Waals surface area (Å²) in [7, 11) is 0. The number of para-hydroxylation sites is 2. The predicted octanol–water partition coefficient (Wildman–Crippen LogP) is 6.45. The number of allylic oxidation sites excluding steroid dienone is 1. The van der Waals surface area contributed by atoms with E-state index in [0.717, 1.165) is 16.3 Å². The third kappa shape index (κ3) is 8.09. The molecule has 40 heavy (non-hydrogen) atoms. The van der Waals surface area contributed by atoms with E-state index in [4.69, 9.17) is 20.3 Å². The summed E-state index contributed by atoms with van der Waals surface area (Å²) in [5.74, 6) is 0.306. The second-order valence-electron chi connectivity index (χ2n) is 9.10. The Bertz CT molecular complexity index is 1460. The Hall–Kier alpha value is -4.82. The van der Waals surface area contributed by atoms with E-state index in [2.05, 4.69) is 10.6 Å².